The number of carbonyl (C=O) groups is 1. The van der Waals surface area contributed by atoms with Gasteiger partial charge in [0.1, 0.15) is 6.23 Å². The van der Waals surface area contributed by atoms with Gasteiger partial charge in [0.05, 0.1) is 16.8 Å². The van der Waals surface area contributed by atoms with Gasteiger partial charge in [-0.15, -0.1) is 0 Å². The highest BCUT2D eigenvalue weighted by Crippen LogP contribution is 2.65. The van der Waals surface area contributed by atoms with E-state index in [0.29, 0.717) is 36.5 Å². The van der Waals surface area contributed by atoms with Crippen molar-refractivity contribution in [2.75, 3.05) is 12.4 Å². The summed E-state index contributed by atoms with van der Waals surface area (Å²) in [5.74, 6) is -0.180. The normalized spacial score (nSPS) is 38.8. The van der Waals surface area contributed by atoms with Crippen LogP contribution in [0.3, 0.4) is 0 Å². The first-order chi connectivity index (χ1) is 17.7. The molecule has 1 heterocycles. The van der Waals surface area contributed by atoms with Crippen LogP contribution in [0.4, 0.5) is 32.0 Å². The number of hydrogen-bond donors (Lipinski definition) is 2. The van der Waals surface area contributed by atoms with Gasteiger partial charge in [-0.3, -0.25) is 10.1 Å². The highest BCUT2D eigenvalue weighted by atomic mass is 19.4. The number of methoxy groups -OCH3 is 1. The highest BCUT2D eigenvalue weighted by Gasteiger charge is 2.61. The Morgan fingerprint density at radius 2 is 1.74 bits per heavy atom. The van der Waals surface area contributed by atoms with E-state index in [4.69, 9.17) is 4.74 Å². The van der Waals surface area contributed by atoms with Crippen LogP contribution in [0.25, 0.3) is 0 Å². The minimum Gasteiger partial charge on any atom is -0.363 e. The van der Waals surface area contributed by atoms with Gasteiger partial charge in [0.2, 0.25) is 5.91 Å². The molecule has 1 aromatic rings. The first kappa shape index (κ1) is 27.5. The number of amides is 1. The molecule has 1 unspecified atom stereocenters. The lowest BCUT2D eigenvalue weighted by molar-refractivity contribution is -0.141. The molecule has 3 aliphatic carbocycles. The summed E-state index contributed by atoms with van der Waals surface area (Å²) < 4.78 is 86.0. The summed E-state index contributed by atoms with van der Waals surface area (Å²) in [6, 6.07) is 1.46. The van der Waals surface area contributed by atoms with Crippen LogP contribution in [-0.2, 0) is 21.9 Å². The van der Waals surface area contributed by atoms with E-state index < -0.39 is 46.4 Å². The summed E-state index contributed by atoms with van der Waals surface area (Å²) in [6.45, 7) is 4.32. The van der Waals surface area contributed by atoms with Gasteiger partial charge in [0.25, 0.3) is 0 Å². The molecule has 1 aliphatic heterocycles. The average Bonchev–Trinajstić information content (AvgIpc) is 3.19. The molecule has 10 heteroatoms. The second-order valence-electron chi connectivity index (χ2n) is 12.0. The number of fused-ring (bicyclic) bond motifs is 5. The molecule has 1 amide bonds. The number of halogens is 6. The van der Waals surface area contributed by atoms with Gasteiger partial charge in [-0.05, 0) is 86.0 Å². The fraction of sp³-hybridized carbons (Fsp3) is 0.679. The van der Waals surface area contributed by atoms with Crippen LogP contribution in [0.1, 0.15) is 63.5 Å². The number of alkyl halides is 6. The van der Waals surface area contributed by atoms with Gasteiger partial charge < -0.3 is 10.1 Å². The number of rotatable bonds is 3. The van der Waals surface area contributed by atoms with Crippen molar-refractivity contribution in [3.05, 3.63) is 41.5 Å². The smallest absolute Gasteiger partial charge is 0.363 e. The summed E-state index contributed by atoms with van der Waals surface area (Å²) in [7, 11) is 1.67. The molecular formula is C28H34F6N2O2. The summed E-state index contributed by atoms with van der Waals surface area (Å²) in [5.41, 5.74) is -3.82. The maximum Gasteiger partial charge on any atom is 0.418 e. The van der Waals surface area contributed by atoms with Crippen molar-refractivity contribution < 1.29 is 35.9 Å². The van der Waals surface area contributed by atoms with Crippen LogP contribution in [-0.4, -0.2) is 25.3 Å². The van der Waals surface area contributed by atoms with Crippen molar-refractivity contribution >= 4 is 11.6 Å². The molecule has 4 aliphatic rings. The molecule has 1 aromatic carbocycles. The highest BCUT2D eigenvalue weighted by molar-refractivity contribution is 5.94. The van der Waals surface area contributed by atoms with Crippen molar-refractivity contribution in [3.8, 4) is 0 Å². The first-order valence-electron chi connectivity index (χ1n) is 13.3. The predicted molar refractivity (Wildman–Crippen MR) is 130 cm³/mol. The second kappa shape index (κ2) is 9.25. The molecule has 0 saturated heterocycles. The number of carbonyl (C=O) groups excluding carboxylic acids is 1. The van der Waals surface area contributed by atoms with E-state index in [0.717, 1.165) is 32.1 Å². The zero-order chi connectivity index (χ0) is 27.7. The molecule has 3 fully saturated rings. The number of benzene rings is 1. The Morgan fingerprint density at radius 3 is 2.39 bits per heavy atom. The van der Waals surface area contributed by atoms with E-state index in [-0.39, 0.29) is 23.6 Å². The Balaban J connectivity index is 1.39. The standard InChI is InChI=1S/C28H34F6N2O2/c1-25-12-10-18-16(5-9-22-26(18,2)13-11-23(36-22)38-3)17(25)7-8-20(25)24(37)35-21-14-15(27(29,30)31)4-6-19(21)28(32,33)34/h4,6,11,13-14,16-18,20,22-23,36H,5,7-10,12H2,1-3H3,(H,35,37)/t16-,17-,18-,20+,22+,23?,25-,26+/m0/s1. The van der Waals surface area contributed by atoms with Crippen LogP contribution in [0.5, 0.6) is 0 Å². The molecule has 210 valence electrons. The Morgan fingerprint density at radius 1 is 1.00 bits per heavy atom. The van der Waals surface area contributed by atoms with E-state index in [9.17, 15) is 31.1 Å². The van der Waals surface area contributed by atoms with Crippen LogP contribution in [0.2, 0.25) is 0 Å². The van der Waals surface area contributed by atoms with Crippen LogP contribution in [0, 0.1) is 34.5 Å². The van der Waals surface area contributed by atoms with E-state index in [1.807, 2.05) is 6.92 Å². The SMILES string of the molecule is COC1C=C[C@@]2(C)[C@@H](CC[C@@H]3[C@@H]2CC[C@]2(C)[C@@H](C(=O)Nc4cc(C(F)(F)F)ccc4C(F)(F)F)CC[C@@H]32)N1. The molecule has 38 heavy (non-hydrogen) atoms. The van der Waals surface area contributed by atoms with Crippen molar-refractivity contribution in [2.24, 2.45) is 34.5 Å². The minimum atomic E-state index is -4.90. The number of anilines is 1. The Hall–Kier alpha value is -2.07. The largest absolute Gasteiger partial charge is 0.418 e. The van der Waals surface area contributed by atoms with E-state index >= 15 is 0 Å². The molecule has 8 atom stereocenters. The molecule has 0 radical (unpaired) electrons. The van der Waals surface area contributed by atoms with E-state index in [1.54, 1.807) is 7.11 Å². The summed E-state index contributed by atoms with van der Waals surface area (Å²) in [4.78, 5) is 13.4. The molecular weight excluding hydrogens is 510 g/mol. The lowest BCUT2D eigenvalue weighted by atomic mass is 9.48. The van der Waals surface area contributed by atoms with Crippen molar-refractivity contribution in [1.82, 2.24) is 5.32 Å². The number of ether oxygens (including phenoxy) is 1. The zero-order valence-corrected chi connectivity index (χ0v) is 21.7. The van der Waals surface area contributed by atoms with Gasteiger partial charge >= 0.3 is 12.4 Å². The lowest BCUT2D eigenvalue weighted by Gasteiger charge is -2.59. The van der Waals surface area contributed by atoms with Gasteiger partial charge in [-0.2, -0.15) is 26.3 Å². The van der Waals surface area contributed by atoms with Crippen LogP contribution >= 0.6 is 0 Å². The Labute approximate surface area is 218 Å². The average molecular weight is 545 g/mol. The molecule has 0 bridgehead atoms. The van der Waals surface area contributed by atoms with Crippen molar-refractivity contribution in [1.29, 1.82) is 0 Å². The Kier molecular flexibility index (Phi) is 6.69. The molecule has 5 rings (SSSR count). The fourth-order valence-corrected chi connectivity index (χ4v) is 8.31. The monoisotopic (exact) mass is 544 g/mol. The topological polar surface area (TPSA) is 50.4 Å². The predicted octanol–water partition coefficient (Wildman–Crippen LogP) is 7.02. The second-order valence-corrected chi connectivity index (χ2v) is 12.0. The van der Waals surface area contributed by atoms with Crippen LogP contribution in [0.15, 0.2) is 30.4 Å². The third kappa shape index (κ3) is 4.45. The molecule has 0 aromatic heterocycles. The van der Waals surface area contributed by atoms with E-state index in [1.165, 1.54) is 0 Å². The van der Waals surface area contributed by atoms with E-state index in [2.05, 4.69) is 29.7 Å². The zero-order valence-electron chi connectivity index (χ0n) is 21.7. The van der Waals surface area contributed by atoms with Crippen molar-refractivity contribution in [2.45, 2.75) is 77.0 Å². The molecule has 4 nitrogen and oxygen atoms in total. The Bertz CT molecular complexity index is 1120. The first-order valence-corrected chi connectivity index (χ1v) is 13.3. The third-order valence-electron chi connectivity index (χ3n) is 10.3. The summed E-state index contributed by atoms with van der Waals surface area (Å²) in [6.07, 6.45) is -0.636. The van der Waals surface area contributed by atoms with Gasteiger partial charge in [0, 0.05) is 24.5 Å². The quantitative estimate of drug-likeness (QED) is 0.318. The minimum absolute atomic E-state index is 0.0563. The fourth-order valence-electron chi connectivity index (χ4n) is 8.31. The third-order valence-corrected chi connectivity index (χ3v) is 10.3. The maximum absolute atomic E-state index is 13.6. The number of hydrogen-bond acceptors (Lipinski definition) is 3. The van der Waals surface area contributed by atoms with Crippen molar-refractivity contribution in [3.63, 3.8) is 0 Å². The number of nitrogens with one attached hydrogen (secondary N) is 2. The summed E-state index contributed by atoms with van der Waals surface area (Å²) >= 11 is 0. The van der Waals surface area contributed by atoms with Gasteiger partial charge in [-0.25, -0.2) is 0 Å². The molecule has 3 saturated carbocycles. The lowest BCUT2D eigenvalue weighted by Crippen LogP contribution is -2.60. The molecule has 2 N–H and O–H groups in total. The summed E-state index contributed by atoms with van der Waals surface area (Å²) in [5, 5.41) is 5.86. The maximum atomic E-state index is 13.6. The van der Waals surface area contributed by atoms with Gasteiger partial charge in [0.15, 0.2) is 0 Å². The molecule has 0 spiro atoms. The van der Waals surface area contributed by atoms with Crippen LogP contribution < -0.4 is 10.6 Å². The van der Waals surface area contributed by atoms with Gasteiger partial charge in [-0.1, -0.05) is 19.9 Å².